The second-order valence-corrected chi connectivity index (χ2v) is 8.01. The number of ether oxygens (including phenoxy) is 1. The third kappa shape index (κ3) is 4.10. The van der Waals surface area contributed by atoms with Gasteiger partial charge in [-0.15, -0.1) is 0 Å². The standard InChI is InChI=1S/C22H17FN2O4S/c23-16-10-12-17(13-11-16)28-14-19-21(18-8-4-5-9-20(18)30(24,26)27)22(25-29-19)15-6-2-1-3-7-15/h1-13H,14H2,(H2,24,26,27). The van der Waals surface area contributed by atoms with E-state index in [1.54, 1.807) is 18.2 Å². The highest BCUT2D eigenvalue weighted by Crippen LogP contribution is 2.38. The number of nitrogens with zero attached hydrogens (tertiary/aromatic N) is 1. The fourth-order valence-corrected chi connectivity index (χ4v) is 3.84. The largest absolute Gasteiger partial charge is 0.486 e. The molecule has 6 nitrogen and oxygen atoms in total. The van der Waals surface area contributed by atoms with E-state index in [9.17, 15) is 12.8 Å². The van der Waals surface area contributed by atoms with Crippen molar-refractivity contribution in [2.45, 2.75) is 11.5 Å². The lowest BCUT2D eigenvalue weighted by Gasteiger charge is -2.10. The first-order chi connectivity index (χ1) is 14.4. The molecule has 0 saturated carbocycles. The molecule has 152 valence electrons. The van der Waals surface area contributed by atoms with Crippen LogP contribution in [0.4, 0.5) is 4.39 Å². The van der Waals surface area contributed by atoms with Gasteiger partial charge in [0.15, 0.2) is 5.76 Å². The molecule has 0 saturated heterocycles. The Balaban J connectivity index is 1.83. The molecular formula is C22H17FN2O4S. The van der Waals surface area contributed by atoms with Crippen LogP contribution in [-0.4, -0.2) is 13.6 Å². The van der Waals surface area contributed by atoms with Crippen LogP contribution in [0.5, 0.6) is 5.75 Å². The number of aromatic nitrogens is 1. The Morgan fingerprint density at radius 3 is 2.30 bits per heavy atom. The Hall–Kier alpha value is -3.49. The van der Waals surface area contributed by atoms with Gasteiger partial charge in [0.1, 0.15) is 23.9 Å². The predicted molar refractivity (Wildman–Crippen MR) is 109 cm³/mol. The van der Waals surface area contributed by atoms with Gasteiger partial charge in [-0.3, -0.25) is 0 Å². The zero-order valence-corrected chi connectivity index (χ0v) is 16.5. The van der Waals surface area contributed by atoms with Gasteiger partial charge in [0.2, 0.25) is 10.0 Å². The molecule has 8 heteroatoms. The molecule has 0 fully saturated rings. The average molecular weight is 424 g/mol. The minimum absolute atomic E-state index is 0.0419. The number of rotatable bonds is 6. The van der Waals surface area contributed by atoms with Gasteiger partial charge in [-0.2, -0.15) is 0 Å². The zero-order valence-electron chi connectivity index (χ0n) is 15.7. The molecule has 0 bridgehead atoms. The molecule has 30 heavy (non-hydrogen) atoms. The molecule has 0 aliphatic rings. The van der Waals surface area contributed by atoms with Gasteiger partial charge >= 0.3 is 0 Å². The summed E-state index contributed by atoms with van der Waals surface area (Å²) in [6.45, 7) is -0.0419. The van der Waals surface area contributed by atoms with Crippen LogP contribution in [0.15, 0.2) is 88.3 Å². The summed E-state index contributed by atoms with van der Waals surface area (Å²) in [5.74, 6) is 0.366. The van der Waals surface area contributed by atoms with Crippen molar-refractivity contribution in [1.29, 1.82) is 0 Å². The van der Waals surface area contributed by atoms with Gasteiger partial charge < -0.3 is 9.26 Å². The summed E-state index contributed by atoms with van der Waals surface area (Å²) in [6.07, 6.45) is 0. The number of halogens is 1. The lowest BCUT2D eigenvalue weighted by atomic mass is 9.99. The lowest BCUT2D eigenvalue weighted by molar-refractivity contribution is 0.250. The van der Waals surface area contributed by atoms with Gasteiger partial charge in [-0.1, -0.05) is 53.7 Å². The topological polar surface area (TPSA) is 95.4 Å². The fourth-order valence-electron chi connectivity index (χ4n) is 3.09. The summed E-state index contributed by atoms with van der Waals surface area (Å²) >= 11 is 0. The summed E-state index contributed by atoms with van der Waals surface area (Å²) in [5, 5.41) is 9.60. The maximum absolute atomic E-state index is 13.1. The maximum Gasteiger partial charge on any atom is 0.238 e. The van der Waals surface area contributed by atoms with Gasteiger partial charge in [-0.05, 0) is 30.3 Å². The lowest BCUT2D eigenvalue weighted by Crippen LogP contribution is -2.13. The number of hydrogen-bond acceptors (Lipinski definition) is 5. The number of sulfonamides is 1. The van der Waals surface area contributed by atoms with E-state index >= 15 is 0 Å². The first-order valence-electron chi connectivity index (χ1n) is 8.98. The summed E-state index contributed by atoms with van der Waals surface area (Å²) in [5.41, 5.74) is 2.03. The Labute approximate surface area is 172 Å². The Morgan fingerprint density at radius 1 is 0.933 bits per heavy atom. The van der Waals surface area contributed by atoms with Crippen LogP contribution in [0.3, 0.4) is 0 Å². The molecule has 1 aromatic heterocycles. The second-order valence-electron chi connectivity index (χ2n) is 6.48. The Bertz CT molecular complexity index is 1270. The summed E-state index contributed by atoms with van der Waals surface area (Å²) < 4.78 is 48.7. The third-order valence-electron chi connectivity index (χ3n) is 4.46. The SMILES string of the molecule is NS(=O)(=O)c1ccccc1-c1c(-c2ccccc2)noc1COc1ccc(F)cc1. The molecule has 0 aliphatic heterocycles. The van der Waals surface area contributed by atoms with E-state index in [4.69, 9.17) is 14.4 Å². The molecule has 0 radical (unpaired) electrons. The Kier molecular flexibility index (Phi) is 5.35. The smallest absolute Gasteiger partial charge is 0.238 e. The normalized spacial score (nSPS) is 11.4. The van der Waals surface area contributed by atoms with E-state index in [0.717, 1.165) is 5.56 Å². The molecular weight excluding hydrogens is 407 g/mol. The predicted octanol–water partition coefficient (Wildman–Crippen LogP) is 4.37. The van der Waals surface area contributed by atoms with Crippen molar-refractivity contribution in [2.24, 2.45) is 5.14 Å². The van der Waals surface area contributed by atoms with E-state index in [0.29, 0.717) is 28.3 Å². The second kappa shape index (κ2) is 8.10. The molecule has 0 amide bonds. The average Bonchev–Trinajstić information content (AvgIpc) is 3.17. The highest BCUT2D eigenvalue weighted by Gasteiger charge is 2.25. The van der Waals surface area contributed by atoms with Gasteiger partial charge in [0, 0.05) is 11.1 Å². The molecule has 4 aromatic rings. The van der Waals surface area contributed by atoms with E-state index in [-0.39, 0.29) is 17.3 Å². The minimum Gasteiger partial charge on any atom is -0.486 e. The van der Waals surface area contributed by atoms with Crippen LogP contribution in [0, 0.1) is 5.82 Å². The van der Waals surface area contributed by atoms with E-state index in [1.165, 1.54) is 30.3 Å². The van der Waals surface area contributed by atoms with E-state index < -0.39 is 10.0 Å². The van der Waals surface area contributed by atoms with Crippen LogP contribution in [0.2, 0.25) is 0 Å². The first kappa shape index (κ1) is 19.8. The molecule has 4 rings (SSSR count). The summed E-state index contributed by atoms with van der Waals surface area (Å²) in [4.78, 5) is -0.0478. The Morgan fingerprint density at radius 2 is 1.60 bits per heavy atom. The van der Waals surface area contributed by atoms with Gasteiger partial charge in [-0.25, -0.2) is 17.9 Å². The molecule has 0 atom stereocenters. The minimum atomic E-state index is -4.00. The quantitative estimate of drug-likeness (QED) is 0.496. The molecule has 1 heterocycles. The van der Waals surface area contributed by atoms with Crippen molar-refractivity contribution >= 4 is 10.0 Å². The summed E-state index contributed by atoms with van der Waals surface area (Å²) in [7, 11) is -4.00. The van der Waals surface area contributed by atoms with Crippen molar-refractivity contribution in [1.82, 2.24) is 5.16 Å². The highest BCUT2D eigenvalue weighted by atomic mass is 32.2. The van der Waals surface area contributed by atoms with Crippen LogP contribution < -0.4 is 9.88 Å². The highest BCUT2D eigenvalue weighted by molar-refractivity contribution is 7.89. The maximum atomic E-state index is 13.1. The van der Waals surface area contributed by atoms with Crippen molar-refractivity contribution in [3.05, 3.63) is 90.4 Å². The van der Waals surface area contributed by atoms with Crippen LogP contribution in [0.25, 0.3) is 22.4 Å². The number of primary sulfonamides is 1. The summed E-state index contributed by atoms with van der Waals surface area (Å²) in [6, 6.07) is 21.1. The fraction of sp³-hybridized carbons (Fsp3) is 0.0455. The first-order valence-corrected chi connectivity index (χ1v) is 10.5. The van der Waals surface area contributed by atoms with Crippen LogP contribution >= 0.6 is 0 Å². The monoisotopic (exact) mass is 424 g/mol. The number of benzene rings is 3. The number of nitrogens with two attached hydrogens (primary N) is 1. The molecule has 2 N–H and O–H groups in total. The van der Waals surface area contributed by atoms with Gasteiger partial charge in [0.25, 0.3) is 0 Å². The van der Waals surface area contributed by atoms with Crippen molar-refractivity contribution < 1.29 is 22.1 Å². The van der Waals surface area contributed by atoms with E-state index in [2.05, 4.69) is 5.16 Å². The van der Waals surface area contributed by atoms with Crippen molar-refractivity contribution in [3.63, 3.8) is 0 Å². The third-order valence-corrected chi connectivity index (χ3v) is 5.43. The van der Waals surface area contributed by atoms with E-state index in [1.807, 2.05) is 30.3 Å². The molecule has 0 spiro atoms. The molecule has 0 unspecified atom stereocenters. The van der Waals surface area contributed by atoms with Gasteiger partial charge in [0.05, 0.1) is 10.5 Å². The van der Waals surface area contributed by atoms with Crippen molar-refractivity contribution in [2.75, 3.05) is 0 Å². The van der Waals surface area contributed by atoms with Crippen molar-refractivity contribution in [3.8, 4) is 28.1 Å². The van der Waals surface area contributed by atoms with Crippen LogP contribution in [0.1, 0.15) is 5.76 Å². The number of hydrogen-bond donors (Lipinski definition) is 1. The van der Waals surface area contributed by atoms with Crippen LogP contribution in [-0.2, 0) is 16.6 Å². The zero-order chi connectivity index (χ0) is 21.1. The molecule has 0 aliphatic carbocycles. The molecule has 3 aromatic carbocycles.